The molecule has 0 aliphatic heterocycles. The number of unbranched alkanes of at least 4 members (excludes halogenated alkanes) is 1. The quantitative estimate of drug-likeness (QED) is 0.753. The topological polar surface area (TPSA) is 83.9 Å². The number of sulfonamides is 1. The predicted octanol–water partition coefficient (Wildman–Crippen LogP) is 1.96. The van der Waals surface area contributed by atoms with E-state index in [9.17, 15) is 13.2 Å². The first-order valence-electron chi connectivity index (χ1n) is 6.79. The van der Waals surface area contributed by atoms with Crippen molar-refractivity contribution in [3.8, 4) is 5.75 Å². The third kappa shape index (κ3) is 5.35. The molecule has 0 heterocycles. The third-order valence-corrected chi connectivity index (χ3v) is 4.81. The Morgan fingerprint density at radius 3 is 2.43 bits per heavy atom. The summed E-state index contributed by atoms with van der Waals surface area (Å²) < 4.78 is 31.1. The number of hydrogen-bond donors (Lipinski definition) is 1. The van der Waals surface area contributed by atoms with Gasteiger partial charge in [0.15, 0.2) is 0 Å². The molecule has 0 saturated heterocycles. The maximum absolute atomic E-state index is 12.3. The molecule has 0 spiro atoms. The van der Waals surface area contributed by atoms with Gasteiger partial charge in [0, 0.05) is 13.6 Å². The Hall–Kier alpha value is -1.60. The van der Waals surface area contributed by atoms with Gasteiger partial charge in [-0.1, -0.05) is 13.3 Å². The van der Waals surface area contributed by atoms with E-state index in [1.165, 1.54) is 28.6 Å². The number of rotatable bonds is 9. The number of ether oxygens (including phenoxy) is 1. The Labute approximate surface area is 125 Å². The van der Waals surface area contributed by atoms with Crippen molar-refractivity contribution in [2.75, 3.05) is 20.2 Å². The molecule has 1 N–H and O–H groups in total. The number of hydrogen-bond acceptors (Lipinski definition) is 4. The molecule has 7 heteroatoms. The average molecular weight is 315 g/mol. The highest BCUT2D eigenvalue weighted by molar-refractivity contribution is 7.89. The molecule has 0 aliphatic carbocycles. The smallest absolute Gasteiger partial charge is 0.306 e. The van der Waals surface area contributed by atoms with Gasteiger partial charge in [0.1, 0.15) is 5.75 Å². The summed E-state index contributed by atoms with van der Waals surface area (Å²) in [6, 6.07) is 5.99. The monoisotopic (exact) mass is 315 g/mol. The van der Waals surface area contributed by atoms with Crippen LogP contribution in [0.15, 0.2) is 29.2 Å². The molecule has 0 saturated carbocycles. The van der Waals surface area contributed by atoms with Gasteiger partial charge in [-0.2, -0.15) is 0 Å². The van der Waals surface area contributed by atoms with Gasteiger partial charge < -0.3 is 9.84 Å². The zero-order chi connectivity index (χ0) is 15.9. The molecule has 21 heavy (non-hydrogen) atoms. The molecular formula is C14H21NO5S. The van der Waals surface area contributed by atoms with E-state index < -0.39 is 16.0 Å². The van der Waals surface area contributed by atoms with E-state index in [1.807, 2.05) is 6.92 Å². The van der Waals surface area contributed by atoms with Crippen molar-refractivity contribution >= 4 is 16.0 Å². The molecule has 0 aliphatic rings. The van der Waals surface area contributed by atoms with Crippen LogP contribution in [0.25, 0.3) is 0 Å². The first-order chi connectivity index (χ1) is 9.87. The SMILES string of the molecule is CCCCN(C)S(=O)(=O)c1ccc(OCCC(=O)O)cc1. The number of nitrogens with zero attached hydrogens (tertiary/aromatic N) is 1. The van der Waals surface area contributed by atoms with Crippen LogP contribution in [0.1, 0.15) is 26.2 Å². The standard InChI is InChI=1S/C14H21NO5S/c1-3-4-10-15(2)21(18,19)13-7-5-12(6-8-13)20-11-9-14(16)17/h5-8H,3-4,9-11H2,1-2H3,(H,16,17). The summed E-state index contributed by atoms with van der Waals surface area (Å²) >= 11 is 0. The lowest BCUT2D eigenvalue weighted by molar-refractivity contribution is -0.137. The van der Waals surface area contributed by atoms with Gasteiger partial charge in [-0.05, 0) is 30.7 Å². The van der Waals surface area contributed by atoms with Gasteiger partial charge in [-0.3, -0.25) is 4.79 Å². The van der Waals surface area contributed by atoms with Crippen LogP contribution >= 0.6 is 0 Å². The van der Waals surface area contributed by atoms with Crippen LogP contribution in [-0.2, 0) is 14.8 Å². The lowest BCUT2D eigenvalue weighted by Gasteiger charge is -2.17. The van der Waals surface area contributed by atoms with Crippen molar-refractivity contribution < 1.29 is 23.1 Å². The summed E-state index contributed by atoms with van der Waals surface area (Å²) in [5.41, 5.74) is 0. The van der Waals surface area contributed by atoms with Crippen molar-refractivity contribution in [3.63, 3.8) is 0 Å². The van der Waals surface area contributed by atoms with E-state index in [1.54, 1.807) is 7.05 Å². The highest BCUT2D eigenvalue weighted by atomic mass is 32.2. The summed E-state index contributed by atoms with van der Waals surface area (Å²) in [6.45, 7) is 2.54. The summed E-state index contributed by atoms with van der Waals surface area (Å²) in [5.74, 6) is -0.488. The average Bonchev–Trinajstić information content (AvgIpc) is 2.44. The van der Waals surface area contributed by atoms with Gasteiger partial charge in [0.05, 0.1) is 17.9 Å². The van der Waals surface area contributed by atoms with Crippen molar-refractivity contribution in [1.29, 1.82) is 0 Å². The Morgan fingerprint density at radius 2 is 1.90 bits per heavy atom. The number of carbonyl (C=O) groups is 1. The van der Waals surface area contributed by atoms with Crippen molar-refractivity contribution in [2.24, 2.45) is 0 Å². The van der Waals surface area contributed by atoms with Crippen molar-refractivity contribution in [2.45, 2.75) is 31.1 Å². The van der Waals surface area contributed by atoms with Crippen LogP contribution in [0.2, 0.25) is 0 Å². The van der Waals surface area contributed by atoms with Gasteiger partial charge in [0.2, 0.25) is 10.0 Å². The molecule has 6 nitrogen and oxygen atoms in total. The van der Waals surface area contributed by atoms with Crippen LogP contribution < -0.4 is 4.74 Å². The molecule has 0 unspecified atom stereocenters. The Kier molecular flexibility index (Phi) is 6.64. The fourth-order valence-electron chi connectivity index (χ4n) is 1.64. The first-order valence-corrected chi connectivity index (χ1v) is 8.23. The van der Waals surface area contributed by atoms with Gasteiger partial charge in [0.25, 0.3) is 0 Å². The van der Waals surface area contributed by atoms with E-state index >= 15 is 0 Å². The Balaban J connectivity index is 2.70. The Bertz CT molecular complexity index is 553. The molecule has 0 atom stereocenters. The molecule has 1 rings (SSSR count). The van der Waals surface area contributed by atoms with Crippen molar-refractivity contribution in [3.05, 3.63) is 24.3 Å². The highest BCUT2D eigenvalue weighted by Crippen LogP contribution is 2.19. The van der Waals surface area contributed by atoms with E-state index in [2.05, 4.69) is 0 Å². The molecule has 0 aromatic heterocycles. The van der Waals surface area contributed by atoms with Crippen LogP contribution in [0.3, 0.4) is 0 Å². The second-order valence-electron chi connectivity index (χ2n) is 4.64. The zero-order valence-corrected chi connectivity index (χ0v) is 13.1. The van der Waals surface area contributed by atoms with Crippen LogP contribution in [0.4, 0.5) is 0 Å². The van der Waals surface area contributed by atoms with Crippen LogP contribution in [0, 0.1) is 0 Å². The predicted molar refractivity (Wildman–Crippen MR) is 78.9 cm³/mol. The van der Waals surface area contributed by atoms with Gasteiger partial charge in [-0.25, -0.2) is 12.7 Å². The molecule has 0 radical (unpaired) electrons. The van der Waals surface area contributed by atoms with E-state index in [0.29, 0.717) is 12.3 Å². The lowest BCUT2D eigenvalue weighted by Crippen LogP contribution is -2.27. The molecule has 0 amide bonds. The summed E-state index contributed by atoms with van der Waals surface area (Å²) in [6.07, 6.45) is 1.64. The van der Waals surface area contributed by atoms with Crippen molar-refractivity contribution in [1.82, 2.24) is 4.31 Å². The first kappa shape index (κ1) is 17.5. The lowest BCUT2D eigenvalue weighted by atomic mass is 10.3. The molecule has 0 bridgehead atoms. The van der Waals surface area contributed by atoms with Gasteiger partial charge >= 0.3 is 5.97 Å². The van der Waals surface area contributed by atoms with Gasteiger partial charge in [-0.15, -0.1) is 0 Å². The van der Waals surface area contributed by atoms with Crippen LogP contribution in [0.5, 0.6) is 5.75 Å². The van der Waals surface area contributed by atoms with E-state index in [-0.39, 0.29) is 17.9 Å². The van der Waals surface area contributed by atoms with E-state index in [0.717, 1.165) is 12.8 Å². The minimum absolute atomic E-state index is 0.0534. The zero-order valence-electron chi connectivity index (χ0n) is 12.3. The number of benzene rings is 1. The summed E-state index contributed by atoms with van der Waals surface area (Å²) in [5, 5.41) is 8.51. The molecular weight excluding hydrogens is 294 g/mol. The van der Waals surface area contributed by atoms with Crippen LogP contribution in [-0.4, -0.2) is 44.0 Å². The molecule has 1 aromatic rings. The minimum atomic E-state index is -3.48. The summed E-state index contributed by atoms with van der Waals surface area (Å²) in [7, 11) is -1.92. The second-order valence-corrected chi connectivity index (χ2v) is 6.69. The Morgan fingerprint density at radius 1 is 1.29 bits per heavy atom. The largest absolute Gasteiger partial charge is 0.493 e. The highest BCUT2D eigenvalue weighted by Gasteiger charge is 2.19. The third-order valence-electron chi connectivity index (χ3n) is 2.94. The molecule has 118 valence electrons. The number of carboxylic acid groups (broad SMARTS) is 1. The minimum Gasteiger partial charge on any atom is -0.493 e. The molecule has 1 aromatic carbocycles. The fraction of sp³-hybridized carbons (Fsp3) is 0.500. The fourth-order valence-corrected chi connectivity index (χ4v) is 2.85. The number of aliphatic carboxylic acids is 1. The molecule has 0 fully saturated rings. The van der Waals surface area contributed by atoms with E-state index in [4.69, 9.17) is 9.84 Å². The maximum atomic E-state index is 12.3. The second kappa shape index (κ2) is 7.99. The summed E-state index contributed by atoms with van der Waals surface area (Å²) in [4.78, 5) is 10.6. The maximum Gasteiger partial charge on any atom is 0.306 e. The normalized spacial score (nSPS) is 11.6. The number of carboxylic acids is 1.